The lowest BCUT2D eigenvalue weighted by atomic mass is 9.82. The summed E-state index contributed by atoms with van der Waals surface area (Å²) in [5.74, 6) is 0.723. The van der Waals surface area contributed by atoms with E-state index in [1.54, 1.807) is 11.3 Å². The van der Waals surface area contributed by atoms with Crippen molar-refractivity contribution < 1.29 is 4.74 Å². The topological polar surface area (TPSA) is 35.2 Å². The Kier molecular flexibility index (Phi) is 3.56. The van der Waals surface area contributed by atoms with E-state index < -0.39 is 0 Å². The van der Waals surface area contributed by atoms with Gasteiger partial charge in [0.05, 0.1) is 12.7 Å². The molecule has 0 radical (unpaired) electrons. The van der Waals surface area contributed by atoms with Crippen LogP contribution in [0.25, 0.3) is 0 Å². The molecule has 1 aromatic heterocycles. The largest absolute Gasteiger partial charge is 0.378 e. The minimum atomic E-state index is 0.488. The van der Waals surface area contributed by atoms with Crippen LogP contribution in [0.1, 0.15) is 18.4 Å². The monoisotopic (exact) mass is 211 g/mol. The molecule has 0 aromatic carbocycles. The summed E-state index contributed by atoms with van der Waals surface area (Å²) in [6, 6.07) is 2.16. The molecule has 1 aliphatic rings. The SMILES string of the molecule is NCC1CC(OCCc2ccsc2)C1. The molecule has 1 aromatic rings. The van der Waals surface area contributed by atoms with Gasteiger partial charge in [0.15, 0.2) is 0 Å². The van der Waals surface area contributed by atoms with Crippen molar-refractivity contribution in [1.29, 1.82) is 0 Å². The van der Waals surface area contributed by atoms with Crippen LogP contribution in [0.4, 0.5) is 0 Å². The summed E-state index contributed by atoms with van der Waals surface area (Å²) >= 11 is 1.75. The first kappa shape index (κ1) is 10.1. The molecule has 2 N–H and O–H groups in total. The van der Waals surface area contributed by atoms with Crippen LogP contribution in [-0.2, 0) is 11.2 Å². The molecule has 2 rings (SSSR count). The van der Waals surface area contributed by atoms with Gasteiger partial charge in [-0.25, -0.2) is 0 Å². The number of hydrogen-bond donors (Lipinski definition) is 1. The maximum atomic E-state index is 5.73. The van der Waals surface area contributed by atoms with E-state index in [1.165, 1.54) is 18.4 Å². The molecular weight excluding hydrogens is 194 g/mol. The molecule has 3 heteroatoms. The Balaban J connectivity index is 1.56. The third-order valence-corrected chi connectivity index (χ3v) is 3.58. The van der Waals surface area contributed by atoms with Gasteiger partial charge in [0.2, 0.25) is 0 Å². The molecule has 14 heavy (non-hydrogen) atoms. The molecule has 1 aliphatic carbocycles. The Hall–Kier alpha value is -0.380. The second kappa shape index (κ2) is 4.91. The highest BCUT2D eigenvalue weighted by Gasteiger charge is 2.28. The molecule has 0 amide bonds. The van der Waals surface area contributed by atoms with E-state index in [0.29, 0.717) is 6.10 Å². The third-order valence-electron chi connectivity index (χ3n) is 2.85. The van der Waals surface area contributed by atoms with E-state index >= 15 is 0 Å². The normalized spacial score (nSPS) is 26.1. The van der Waals surface area contributed by atoms with Crippen molar-refractivity contribution >= 4 is 11.3 Å². The lowest BCUT2D eigenvalue weighted by Gasteiger charge is -2.34. The standard InChI is InChI=1S/C11H17NOS/c12-7-10-5-11(6-10)13-3-1-9-2-4-14-8-9/h2,4,8,10-11H,1,3,5-7,12H2. The maximum absolute atomic E-state index is 5.73. The number of ether oxygens (including phenoxy) is 1. The van der Waals surface area contributed by atoms with Crippen molar-refractivity contribution in [2.75, 3.05) is 13.2 Å². The van der Waals surface area contributed by atoms with Gasteiger partial charge in [-0.1, -0.05) is 0 Å². The fraction of sp³-hybridized carbons (Fsp3) is 0.636. The Morgan fingerprint density at radius 2 is 2.36 bits per heavy atom. The summed E-state index contributed by atoms with van der Waals surface area (Å²) in [5.41, 5.74) is 6.94. The summed E-state index contributed by atoms with van der Waals surface area (Å²) in [6.45, 7) is 1.68. The summed E-state index contributed by atoms with van der Waals surface area (Å²) in [5, 5.41) is 4.30. The van der Waals surface area contributed by atoms with Gasteiger partial charge in [0.1, 0.15) is 0 Å². The first-order valence-corrected chi connectivity index (χ1v) is 6.15. The fourth-order valence-electron chi connectivity index (χ4n) is 1.78. The molecule has 0 saturated heterocycles. The first-order chi connectivity index (χ1) is 6.88. The average molecular weight is 211 g/mol. The smallest absolute Gasteiger partial charge is 0.0581 e. The predicted molar refractivity (Wildman–Crippen MR) is 59.5 cm³/mol. The van der Waals surface area contributed by atoms with Crippen LogP contribution in [0.3, 0.4) is 0 Å². The molecule has 78 valence electrons. The Morgan fingerprint density at radius 3 is 3.00 bits per heavy atom. The lowest BCUT2D eigenvalue weighted by molar-refractivity contribution is -0.0263. The Bertz CT molecular complexity index is 254. The van der Waals surface area contributed by atoms with E-state index in [0.717, 1.165) is 25.5 Å². The quantitative estimate of drug-likeness (QED) is 0.809. The highest BCUT2D eigenvalue weighted by atomic mass is 32.1. The van der Waals surface area contributed by atoms with Gasteiger partial charge >= 0.3 is 0 Å². The van der Waals surface area contributed by atoms with E-state index in [1.807, 2.05) is 0 Å². The highest BCUT2D eigenvalue weighted by Crippen LogP contribution is 2.28. The van der Waals surface area contributed by atoms with Crippen LogP contribution >= 0.6 is 11.3 Å². The number of rotatable bonds is 5. The van der Waals surface area contributed by atoms with E-state index in [2.05, 4.69) is 16.8 Å². The minimum absolute atomic E-state index is 0.488. The van der Waals surface area contributed by atoms with Crippen LogP contribution in [0, 0.1) is 5.92 Å². The molecular formula is C11H17NOS. The van der Waals surface area contributed by atoms with Crippen LogP contribution in [0.15, 0.2) is 16.8 Å². The average Bonchev–Trinajstić information content (AvgIpc) is 2.61. The van der Waals surface area contributed by atoms with Crippen molar-refractivity contribution in [2.24, 2.45) is 11.7 Å². The van der Waals surface area contributed by atoms with E-state index in [-0.39, 0.29) is 0 Å². The highest BCUT2D eigenvalue weighted by molar-refractivity contribution is 7.07. The van der Waals surface area contributed by atoms with Gasteiger partial charge in [-0.2, -0.15) is 11.3 Å². The summed E-state index contributed by atoms with van der Waals surface area (Å²) in [7, 11) is 0. The number of nitrogens with two attached hydrogens (primary N) is 1. The maximum Gasteiger partial charge on any atom is 0.0581 e. The molecule has 2 nitrogen and oxygen atoms in total. The van der Waals surface area contributed by atoms with Gasteiger partial charge in [-0.05, 0) is 54.1 Å². The summed E-state index contributed by atoms with van der Waals surface area (Å²) in [6.07, 6.45) is 3.87. The van der Waals surface area contributed by atoms with Gasteiger partial charge in [0, 0.05) is 0 Å². The van der Waals surface area contributed by atoms with Crippen molar-refractivity contribution in [2.45, 2.75) is 25.4 Å². The predicted octanol–water partition coefficient (Wildman–Crippen LogP) is 2.04. The van der Waals surface area contributed by atoms with Crippen molar-refractivity contribution in [3.63, 3.8) is 0 Å². The van der Waals surface area contributed by atoms with Crippen LogP contribution in [0.2, 0.25) is 0 Å². The van der Waals surface area contributed by atoms with Crippen LogP contribution < -0.4 is 5.73 Å². The lowest BCUT2D eigenvalue weighted by Crippen LogP contribution is -2.36. The zero-order valence-electron chi connectivity index (χ0n) is 8.32. The summed E-state index contributed by atoms with van der Waals surface area (Å²) < 4.78 is 5.73. The van der Waals surface area contributed by atoms with Crippen LogP contribution in [-0.4, -0.2) is 19.3 Å². The van der Waals surface area contributed by atoms with Gasteiger partial charge in [-0.15, -0.1) is 0 Å². The minimum Gasteiger partial charge on any atom is -0.378 e. The Morgan fingerprint density at radius 1 is 1.50 bits per heavy atom. The van der Waals surface area contributed by atoms with Gasteiger partial charge in [0.25, 0.3) is 0 Å². The number of thiophene rings is 1. The van der Waals surface area contributed by atoms with Crippen LogP contribution in [0.5, 0.6) is 0 Å². The molecule has 0 bridgehead atoms. The van der Waals surface area contributed by atoms with Crippen molar-refractivity contribution in [3.05, 3.63) is 22.4 Å². The molecule has 0 aliphatic heterocycles. The fourth-order valence-corrected chi connectivity index (χ4v) is 2.48. The second-order valence-electron chi connectivity index (χ2n) is 3.95. The molecule has 1 saturated carbocycles. The molecule has 0 unspecified atom stereocenters. The van der Waals surface area contributed by atoms with Crippen molar-refractivity contribution in [3.8, 4) is 0 Å². The second-order valence-corrected chi connectivity index (χ2v) is 4.73. The molecule has 1 heterocycles. The molecule has 1 fully saturated rings. The molecule has 0 atom stereocenters. The molecule has 0 spiro atoms. The van der Waals surface area contributed by atoms with Gasteiger partial charge < -0.3 is 10.5 Å². The van der Waals surface area contributed by atoms with Gasteiger partial charge in [-0.3, -0.25) is 0 Å². The summed E-state index contributed by atoms with van der Waals surface area (Å²) in [4.78, 5) is 0. The third kappa shape index (κ3) is 2.56. The zero-order chi connectivity index (χ0) is 9.80. The van der Waals surface area contributed by atoms with E-state index in [9.17, 15) is 0 Å². The zero-order valence-corrected chi connectivity index (χ0v) is 9.13. The number of hydrogen-bond acceptors (Lipinski definition) is 3. The Labute approximate surface area is 89.1 Å². The first-order valence-electron chi connectivity index (χ1n) is 5.21. The van der Waals surface area contributed by atoms with Crippen molar-refractivity contribution in [1.82, 2.24) is 0 Å². The van der Waals surface area contributed by atoms with E-state index in [4.69, 9.17) is 10.5 Å².